The zero-order valence-corrected chi connectivity index (χ0v) is 14.4. The first kappa shape index (κ1) is 16.7. The first-order valence-corrected chi connectivity index (χ1v) is 8.76. The van der Waals surface area contributed by atoms with Crippen molar-refractivity contribution in [3.05, 3.63) is 29.9 Å². The maximum absolute atomic E-state index is 12.5. The number of nitrogens with zero attached hydrogens (tertiary/aromatic N) is 5. The van der Waals surface area contributed by atoms with Crippen molar-refractivity contribution in [1.29, 1.82) is 0 Å². The molecule has 0 unspecified atom stereocenters. The molecule has 1 fully saturated rings. The van der Waals surface area contributed by atoms with Crippen LogP contribution in [0, 0.1) is 6.92 Å². The van der Waals surface area contributed by atoms with Crippen LogP contribution in [-0.2, 0) is 17.6 Å². The van der Waals surface area contributed by atoms with Crippen LogP contribution in [0.2, 0.25) is 0 Å². The van der Waals surface area contributed by atoms with Gasteiger partial charge in [-0.05, 0) is 26.2 Å². The van der Waals surface area contributed by atoms with Crippen LogP contribution in [0.5, 0.6) is 0 Å². The number of aromatic nitrogens is 4. The van der Waals surface area contributed by atoms with E-state index < -0.39 is 0 Å². The van der Waals surface area contributed by atoms with Crippen LogP contribution in [0.1, 0.15) is 56.2 Å². The summed E-state index contributed by atoms with van der Waals surface area (Å²) in [5.41, 5.74) is 0. The number of hydrogen-bond acceptors (Lipinski definition) is 5. The Bertz CT molecular complexity index is 678. The number of carbonyl (C=O) groups is 1. The van der Waals surface area contributed by atoms with E-state index in [2.05, 4.69) is 26.6 Å². The molecule has 1 saturated heterocycles. The minimum Gasteiger partial charge on any atom is -0.341 e. The highest BCUT2D eigenvalue weighted by atomic mass is 16.5. The van der Waals surface area contributed by atoms with Gasteiger partial charge in [0.2, 0.25) is 11.8 Å². The lowest BCUT2D eigenvalue weighted by molar-refractivity contribution is -0.132. The Kier molecular flexibility index (Phi) is 5.27. The Labute approximate surface area is 142 Å². The molecule has 3 heterocycles. The van der Waals surface area contributed by atoms with Gasteiger partial charge in [-0.2, -0.15) is 4.98 Å². The number of amides is 1. The number of piperidine rings is 1. The number of hydrogen-bond donors (Lipinski definition) is 0. The summed E-state index contributed by atoms with van der Waals surface area (Å²) in [6, 6.07) is 0.346. The zero-order valence-electron chi connectivity index (χ0n) is 14.4. The van der Waals surface area contributed by atoms with Crippen molar-refractivity contribution >= 4 is 5.91 Å². The molecule has 3 rings (SSSR count). The lowest BCUT2D eigenvalue weighted by atomic mass is 10.0. The van der Waals surface area contributed by atoms with Crippen LogP contribution in [0.25, 0.3) is 0 Å². The van der Waals surface area contributed by atoms with E-state index in [9.17, 15) is 4.79 Å². The number of likely N-dealkylation sites (tertiary alicyclic amines) is 1. The highest BCUT2D eigenvalue weighted by Crippen LogP contribution is 2.23. The molecular weight excluding hydrogens is 306 g/mol. The molecule has 130 valence electrons. The second-order valence-corrected chi connectivity index (χ2v) is 6.33. The fourth-order valence-electron chi connectivity index (χ4n) is 3.35. The monoisotopic (exact) mass is 331 g/mol. The molecule has 0 radical (unpaired) electrons. The number of aryl methyl sites for hydroxylation is 3. The summed E-state index contributed by atoms with van der Waals surface area (Å²) in [5, 5.41) is 3.77. The topological polar surface area (TPSA) is 77.1 Å². The maximum atomic E-state index is 12.5. The second-order valence-electron chi connectivity index (χ2n) is 6.33. The maximum Gasteiger partial charge on any atom is 0.226 e. The van der Waals surface area contributed by atoms with E-state index in [0.717, 1.165) is 44.6 Å². The first-order chi connectivity index (χ1) is 11.7. The third kappa shape index (κ3) is 3.83. The molecule has 0 aromatic carbocycles. The fourth-order valence-corrected chi connectivity index (χ4v) is 3.35. The Hall–Kier alpha value is -2.18. The molecule has 7 heteroatoms. The van der Waals surface area contributed by atoms with Gasteiger partial charge in [0.15, 0.2) is 5.82 Å². The van der Waals surface area contributed by atoms with Gasteiger partial charge in [0.25, 0.3) is 0 Å². The molecule has 2 aromatic rings. The fraction of sp³-hybridized carbons (Fsp3) is 0.647. The number of carbonyl (C=O) groups excluding carboxylic acids is 1. The lowest BCUT2D eigenvalue weighted by Gasteiger charge is -2.34. The van der Waals surface area contributed by atoms with E-state index in [1.165, 1.54) is 0 Å². The lowest BCUT2D eigenvalue weighted by Crippen LogP contribution is -2.40. The summed E-state index contributed by atoms with van der Waals surface area (Å²) in [5.74, 6) is 2.57. The minimum absolute atomic E-state index is 0.217. The Balaban J connectivity index is 1.51. The molecule has 0 bridgehead atoms. The molecule has 1 aliphatic rings. The summed E-state index contributed by atoms with van der Waals surface area (Å²) in [4.78, 5) is 23.1. The van der Waals surface area contributed by atoms with Gasteiger partial charge in [-0.3, -0.25) is 4.79 Å². The first-order valence-electron chi connectivity index (χ1n) is 8.76. The molecule has 0 N–H and O–H groups in total. The molecule has 1 amide bonds. The van der Waals surface area contributed by atoms with Crippen LogP contribution in [0.4, 0.5) is 0 Å². The normalized spacial score (nSPS) is 18.1. The van der Waals surface area contributed by atoms with Crippen molar-refractivity contribution in [1.82, 2.24) is 24.6 Å². The average molecular weight is 331 g/mol. The van der Waals surface area contributed by atoms with Crippen LogP contribution in [-0.4, -0.2) is 43.6 Å². The van der Waals surface area contributed by atoms with Crippen molar-refractivity contribution in [3.8, 4) is 0 Å². The van der Waals surface area contributed by atoms with Crippen molar-refractivity contribution in [3.63, 3.8) is 0 Å². The van der Waals surface area contributed by atoms with Crippen molar-refractivity contribution in [2.24, 2.45) is 0 Å². The third-order valence-electron chi connectivity index (χ3n) is 4.56. The van der Waals surface area contributed by atoms with Crippen molar-refractivity contribution < 1.29 is 9.32 Å². The summed E-state index contributed by atoms with van der Waals surface area (Å²) in [7, 11) is 0. The van der Waals surface area contributed by atoms with Crippen LogP contribution in [0.3, 0.4) is 0 Å². The van der Waals surface area contributed by atoms with Gasteiger partial charge in [-0.1, -0.05) is 12.1 Å². The number of imidazole rings is 1. The zero-order chi connectivity index (χ0) is 16.9. The van der Waals surface area contributed by atoms with E-state index >= 15 is 0 Å². The van der Waals surface area contributed by atoms with Gasteiger partial charge < -0.3 is 14.0 Å². The molecule has 1 atom stereocenters. The van der Waals surface area contributed by atoms with Crippen LogP contribution >= 0.6 is 0 Å². The highest BCUT2D eigenvalue weighted by molar-refractivity contribution is 5.76. The van der Waals surface area contributed by atoms with Crippen LogP contribution in [0.15, 0.2) is 16.9 Å². The molecule has 0 spiro atoms. The molecule has 7 nitrogen and oxygen atoms in total. The van der Waals surface area contributed by atoms with Gasteiger partial charge in [-0.15, -0.1) is 0 Å². The standard InChI is InChI=1S/C17H25N5O2/c1-3-15-18-9-11-22(15)14-6-5-10-21(12-14)17(23)8-4-7-16-19-13(2)20-24-16/h9,11,14H,3-8,10,12H2,1-2H3/t14-/m1/s1. The molecule has 2 aromatic heterocycles. The second kappa shape index (κ2) is 7.59. The predicted octanol–water partition coefficient (Wildman–Crippen LogP) is 2.32. The predicted molar refractivity (Wildman–Crippen MR) is 88.4 cm³/mol. The molecular formula is C17H25N5O2. The van der Waals surface area contributed by atoms with Crippen LogP contribution < -0.4 is 0 Å². The minimum atomic E-state index is 0.217. The molecule has 24 heavy (non-hydrogen) atoms. The number of rotatable bonds is 6. The largest absolute Gasteiger partial charge is 0.341 e. The van der Waals surface area contributed by atoms with E-state index in [0.29, 0.717) is 30.6 Å². The Morgan fingerprint density at radius 1 is 1.46 bits per heavy atom. The van der Waals surface area contributed by atoms with E-state index in [4.69, 9.17) is 4.52 Å². The van der Waals surface area contributed by atoms with Gasteiger partial charge in [0, 0.05) is 44.7 Å². The smallest absolute Gasteiger partial charge is 0.226 e. The van der Waals surface area contributed by atoms with Crippen molar-refractivity contribution in [2.75, 3.05) is 13.1 Å². The van der Waals surface area contributed by atoms with E-state index in [1.54, 1.807) is 6.92 Å². The van der Waals surface area contributed by atoms with Gasteiger partial charge in [-0.25, -0.2) is 4.98 Å². The summed E-state index contributed by atoms with van der Waals surface area (Å²) in [6.45, 7) is 5.55. The Morgan fingerprint density at radius 2 is 2.33 bits per heavy atom. The van der Waals surface area contributed by atoms with Gasteiger partial charge in [0.05, 0.1) is 6.04 Å². The van der Waals surface area contributed by atoms with E-state index in [-0.39, 0.29) is 5.91 Å². The Morgan fingerprint density at radius 3 is 3.08 bits per heavy atom. The summed E-state index contributed by atoms with van der Waals surface area (Å²) in [6.07, 6.45) is 8.88. The average Bonchev–Trinajstić information content (AvgIpc) is 3.23. The molecule has 0 saturated carbocycles. The SMILES string of the molecule is CCc1nccn1[C@@H]1CCCN(C(=O)CCCc2nc(C)no2)C1. The third-order valence-corrected chi connectivity index (χ3v) is 4.56. The van der Waals surface area contributed by atoms with Gasteiger partial charge >= 0.3 is 0 Å². The van der Waals surface area contributed by atoms with E-state index in [1.807, 2.05) is 17.3 Å². The highest BCUT2D eigenvalue weighted by Gasteiger charge is 2.25. The molecule has 1 aliphatic heterocycles. The van der Waals surface area contributed by atoms with Gasteiger partial charge in [0.1, 0.15) is 5.82 Å². The molecule has 0 aliphatic carbocycles. The quantitative estimate of drug-likeness (QED) is 0.812. The summed E-state index contributed by atoms with van der Waals surface area (Å²) >= 11 is 0. The van der Waals surface area contributed by atoms with Crippen molar-refractivity contribution in [2.45, 2.75) is 58.4 Å². The summed E-state index contributed by atoms with van der Waals surface area (Å²) < 4.78 is 7.32.